The SMILES string of the molecule is CO[C@H]1O[C@H](CO)[C@@H](S)[C@H](O)[C@H]1O. The van der Waals surface area contributed by atoms with Gasteiger partial charge < -0.3 is 24.8 Å². The molecule has 0 aromatic heterocycles. The van der Waals surface area contributed by atoms with E-state index in [-0.39, 0.29) is 6.61 Å². The predicted molar refractivity (Wildman–Crippen MR) is 47.5 cm³/mol. The van der Waals surface area contributed by atoms with Crippen molar-refractivity contribution in [3.63, 3.8) is 0 Å². The molecule has 1 rings (SSSR count). The van der Waals surface area contributed by atoms with Crippen molar-refractivity contribution < 1.29 is 24.8 Å². The summed E-state index contributed by atoms with van der Waals surface area (Å²) in [5.41, 5.74) is 0. The number of rotatable bonds is 2. The third kappa shape index (κ3) is 2.15. The van der Waals surface area contributed by atoms with Crippen molar-refractivity contribution in [2.24, 2.45) is 0 Å². The Kier molecular flexibility index (Phi) is 3.96. The maximum Gasteiger partial charge on any atom is 0.186 e. The average molecular weight is 210 g/mol. The van der Waals surface area contributed by atoms with Crippen molar-refractivity contribution in [1.82, 2.24) is 0 Å². The first-order valence-electron chi connectivity index (χ1n) is 3.95. The lowest BCUT2D eigenvalue weighted by Crippen LogP contribution is -2.57. The third-order valence-corrected chi connectivity index (χ3v) is 2.72. The van der Waals surface area contributed by atoms with Crippen LogP contribution in [-0.2, 0) is 9.47 Å². The summed E-state index contributed by atoms with van der Waals surface area (Å²) in [4.78, 5) is 0. The molecule has 0 aliphatic carbocycles. The van der Waals surface area contributed by atoms with Crippen LogP contribution in [0, 0.1) is 0 Å². The number of hydrogen-bond donors (Lipinski definition) is 4. The highest BCUT2D eigenvalue weighted by atomic mass is 32.1. The first kappa shape index (κ1) is 11.2. The second-order valence-electron chi connectivity index (χ2n) is 2.93. The van der Waals surface area contributed by atoms with Crippen LogP contribution in [0.2, 0.25) is 0 Å². The van der Waals surface area contributed by atoms with Gasteiger partial charge in [-0.15, -0.1) is 0 Å². The molecule has 0 aromatic rings. The number of aliphatic hydroxyl groups excluding tert-OH is 3. The zero-order valence-electron chi connectivity index (χ0n) is 7.20. The second-order valence-corrected chi connectivity index (χ2v) is 3.53. The van der Waals surface area contributed by atoms with Crippen molar-refractivity contribution in [2.45, 2.75) is 29.9 Å². The van der Waals surface area contributed by atoms with Crippen LogP contribution in [0.1, 0.15) is 0 Å². The molecule has 0 spiro atoms. The van der Waals surface area contributed by atoms with Crippen LogP contribution in [0.4, 0.5) is 0 Å². The van der Waals surface area contributed by atoms with Crippen LogP contribution >= 0.6 is 12.6 Å². The molecular formula is C7H14O5S. The molecule has 1 aliphatic rings. The fraction of sp³-hybridized carbons (Fsp3) is 1.00. The minimum atomic E-state index is -1.13. The molecule has 1 heterocycles. The smallest absolute Gasteiger partial charge is 0.186 e. The molecule has 0 aromatic carbocycles. The van der Waals surface area contributed by atoms with E-state index in [9.17, 15) is 10.2 Å². The minimum absolute atomic E-state index is 0.266. The zero-order chi connectivity index (χ0) is 10.0. The van der Waals surface area contributed by atoms with Crippen LogP contribution in [0.25, 0.3) is 0 Å². The van der Waals surface area contributed by atoms with Gasteiger partial charge in [-0.25, -0.2) is 0 Å². The summed E-state index contributed by atoms with van der Waals surface area (Å²) >= 11 is 4.02. The number of thiol groups is 1. The second kappa shape index (κ2) is 4.59. The van der Waals surface area contributed by atoms with Gasteiger partial charge in [0, 0.05) is 7.11 Å². The number of hydrogen-bond acceptors (Lipinski definition) is 6. The third-order valence-electron chi connectivity index (χ3n) is 2.08. The van der Waals surface area contributed by atoms with E-state index in [0.29, 0.717) is 0 Å². The highest BCUT2D eigenvalue weighted by Gasteiger charge is 2.42. The van der Waals surface area contributed by atoms with Crippen molar-refractivity contribution in [3.05, 3.63) is 0 Å². The van der Waals surface area contributed by atoms with E-state index in [1.807, 2.05) is 0 Å². The molecule has 0 radical (unpaired) electrons. The Bertz CT molecular complexity index is 147. The first-order chi connectivity index (χ1) is 6.11. The molecule has 0 amide bonds. The summed E-state index contributed by atoms with van der Waals surface area (Å²) in [6.07, 6.45) is -3.71. The van der Waals surface area contributed by atoms with E-state index in [0.717, 1.165) is 0 Å². The van der Waals surface area contributed by atoms with E-state index >= 15 is 0 Å². The normalized spacial score (nSPS) is 46.4. The standard InChI is InChI=1S/C7H14O5S/c1-11-7-5(10)4(9)6(13)3(2-8)12-7/h3-10,13H,2H2,1H3/t3-,4-,5-,6-,7+/m1/s1. The Morgan fingerprint density at radius 1 is 1.38 bits per heavy atom. The fourth-order valence-electron chi connectivity index (χ4n) is 1.26. The predicted octanol–water partition coefficient (Wildman–Crippen LogP) is -1.63. The molecular weight excluding hydrogens is 196 g/mol. The molecule has 13 heavy (non-hydrogen) atoms. The Hall–Kier alpha value is 0.150. The summed E-state index contributed by atoms with van der Waals surface area (Å²) < 4.78 is 9.90. The minimum Gasteiger partial charge on any atom is -0.394 e. The van der Waals surface area contributed by atoms with Crippen molar-refractivity contribution >= 4 is 12.6 Å². The molecule has 5 nitrogen and oxygen atoms in total. The van der Waals surface area contributed by atoms with Crippen LogP contribution in [0.3, 0.4) is 0 Å². The molecule has 3 N–H and O–H groups in total. The van der Waals surface area contributed by atoms with Crippen LogP contribution in [-0.4, -0.2) is 58.9 Å². The van der Waals surface area contributed by atoms with Gasteiger partial charge in [0.15, 0.2) is 6.29 Å². The van der Waals surface area contributed by atoms with Gasteiger partial charge in [-0.1, -0.05) is 0 Å². The van der Waals surface area contributed by atoms with Gasteiger partial charge in [-0.05, 0) is 0 Å². The number of methoxy groups -OCH3 is 1. The molecule has 1 aliphatic heterocycles. The lowest BCUT2D eigenvalue weighted by atomic mass is 10.0. The van der Waals surface area contributed by atoms with E-state index < -0.39 is 29.9 Å². The lowest BCUT2D eigenvalue weighted by molar-refractivity contribution is -0.259. The monoisotopic (exact) mass is 210 g/mol. The van der Waals surface area contributed by atoms with Gasteiger partial charge in [0.1, 0.15) is 6.10 Å². The van der Waals surface area contributed by atoms with Crippen LogP contribution in [0.15, 0.2) is 0 Å². The molecule has 1 saturated heterocycles. The zero-order valence-corrected chi connectivity index (χ0v) is 8.09. The van der Waals surface area contributed by atoms with Crippen LogP contribution < -0.4 is 0 Å². The first-order valence-corrected chi connectivity index (χ1v) is 4.46. The average Bonchev–Trinajstić information content (AvgIpc) is 2.15. The van der Waals surface area contributed by atoms with Gasteiger partial charge in [0.05, 0.1) is 24.1 Å². The maximum atomic E-state index is 9.45. The van der Waals surface area contributed by atoms with Crippen molar-refractivity contribution in [1.29, 1.82) is 0 Å². The molecule has 5 atom stereocenters. The molecule has 0 bridgehead atoms. The van der Waals surface area contributed by atoms with Gasteiger partial charge in [0.25, 0.3) is 0 Å². The topological polar surface area (TPSA) is 79.2 Å². The van der Waals surface area contributed by atoms with Gasteiger partial charge in [-0.2, -0.15) is 12.6 Å². The Labute approximate surface area is 81.7 Å². The van der Waals surface area contributed by atoms with E-state index in [4.69, 9.17) is 14.6 Å². The molecule has 6 heteroatoms. The Morgan fingerprint density at radius 3 is 2.46 bits per heavy atom. The van der Waals surface area contributed by atoms with Gasteiger partial charge in [0.2, 0.25) is 0 Å². The highest BCUT2D eigenvalue weighted by Crippen LogP contribution is 2.24. The summed E-state index contributed by atoms with van der Waals surface area (Å²) in [5.74, 6) is 0. The molecule has 78 valence electrons. The summed E-state index contributed by atoms with van der Waals surface area (Å²) in [5, 5.41) is 27.1. The highest BCUT2D eigenvalue weighted by molar-refractivity contribution is 7.81. The summed E-state index contributed by atoms with van der Waals surface area (Å²) in [6, 6.07) is 0. The number of aliphatic hydroxyl groups is 3. The van der Waals surface area contributed by atoms with Crippen molar-refractivity contribution in [3.8, 4) is 0 Å². The van der Waals surface area contributed by atoms with E-state index in [1.54, 1.807) is 0 Å². The largest absolute Gasteiger partial charge is 0.394 e. The van der Waals surface area contributed by atoms with Gasteiger partial charge >= 0.3 is 0 Å². The maximum absolute atomic E-state index is 9.45. The molecule has 0 unspecified atom stereocenters. The van der Waals surface area contributed by atoms with Crippen LogP contribution in [0.5, 0.6) is 0 Å². The molecule has 0 saturated carbocycles. The summed E-state index contributed by atoms with van der Waals surface area (Å²) in [6.45, 7) is -0.266. The van der Waals surface area contributed by atoms with Gasteiger partial charge in [-0.3, -0.25) is 0 Å². The quantitative estimate of drug-likeness (QED) is 0.412. The Balaban J connectivity index is 2.66. The Morgan fingerprint density at radius 2 is 2.00 bits per heavy atom. The van der Waals surface area contributed by atoms with E-state index in [2.05, 4.69) is 12.6 Å². The van der Waals surface area contributed by atoms with E-state index in [1.165, 1.54) is 7.11 Å². The van der Waals surface area contributed by atoms with Crippen molar-refractivity contribution in [2.75, 3.05) is 13.7 Å². The lowest BCUT2D eigenvalue weighted by Gasteiger charge is -2.39. The number of ether oxygens (including phenoxy) is 2. The fourth-order valence-corrected chi connectivity index (χ4v) is 1.60. The molecule has 1 fully saturated rings. The summed E-state index contributed by atoms with van der Waals surface area (Å²) in [7, 11) is 1.36.